The molecule has 0 bridgehead atoms. The molecule has 0 radical (unpaired) electrons. The molecule has 112 valence electrons. The van der Waals surface area contributed by atoms with E-state index >= 15 is 0 Å². The van der Waals surface area contributed by atoms with E-state index in [4.69, 9.17) is 10.5 Å². The van der Waals surface area contributed by atoms with Crippen molar-refractivity contribution in [2.45, 2.75) is 17.9 Å². The Labute approximate surface area is 128 Å². The average Bonchev–Trinajstić information content (AvgIpc) is 2.94. The summed E-state index contributed by atoms with van der Waals surface area (Å²) in [6.07, 6.45) is 0.762. The van der Waals surface area contributed by atoms with Gasteiger partial charge in [0.25, 0.3) is 0 Å². The summed E-state index contributed by atoms with van der Waals surface area (Å²) in [5.74, 6) is 0.479. The second kappa shape index (κ2) is 5.32. The van der Waals surface area contributed by atoms with Gasteiger partial charge < -0.3 is 10.5 Å². The predicted octanol–water partition coefficient (Wildman–Crippen LogP) is 2.09. The first-order valence-corrected chi connectivity index (χ1v) is 8.83. The Bertz CT molecular complexity index is 768. The number of methoxy groups -OCH3 is 1. The fourth-order valence-electron chi connectivity index (χ4n) is 2.45. The molecule has 1 aromatic heterocycles. The van der Waals surface area contributed by atoms with Gasteiger partial charge in [-0.25, -0.2) is 8.42 Å². The molecule has 2 heterocycles. The van der Waals surface area contributed by atoms with E-state index in [-0.39, 0.29) is 4.90 Å². The lowest BCUT2D eigenvalue weighted by Gasteiger charge is -2.26. The molecule has 0 fully saturated rings. The average molecular weight is 324 g/mol. The van der Waals surface area contributed by atoms with Crippen LogP contribution < -0.4 is 10.5 Å². The third-order valence-corrected chi connectivity index (χ3v) is 6.48. The van der Waals surface area contributed by atoms with Gasteiger partial charge in [0.15, 0.2) is 0 Å². The molecule has 0 amide bonds. The van der Waals surface area contributed by atoms with Crippen LogP contribution in [0.3, 0.4) is 0 Å². The standard InChI is InChI=1S/C14H16N2O3S2/c1-19-13-3-2-11(8-12(13)15)21(17,18)16-6-4-14-10(9-16)5-7-20-14/h2-3,5,7-8H,4,6,9,15H2,1H3. The smallest absolute Gasteiger partial charge is 0.243 e. The molecule has 1 aromatic carbocycles. The van der Waals surface area contributed by atoms with Crippen LogP contribution in [0.15, 0.2) is 34.5 Å². The maximum atomic E-state index is 12.7. The number of thiophene rings is 1. The maximum absolute atomic E-state index is 12.7. The van der Waals surface area contributed by atoms with Crippen molar-refractivity contribution in [2.24, 2.45) is 0 Å². The molecule has 3 rings (SSSR count). The first kappa shape index (κ1) is 14.4. The highest BCUT2D eigenvalue weighted by Gasteiger charge is 2.29. The van der Waals surface area contributed by atoms with E-state index in [9.17, 15) is 8.42 Å². The number of nitrogen functional groups attached to an aromatic ring is 1. The zero-order chi connectivity index (χ0) is 15.0. The van der Waals surface area contributed by atoms with Gasteiger partial charge in [0, 0.05) is 18.0 Å². The molecule has 21 heavy (non-hydrogen) atoms. The number of benzene rings is 1. The Kier molecular flexibility index (Phi) is 3.64. The van der Waals surface area contributed by atoms with Crippen LogP contribution in [0, 0.1) is 0 Å². The summed E-state index contributed by atoms with van der Waals surface area (Å²) in [4.78, 5) is 1.48. The largest absolute Gasteiger partial charge is 0.495 e. The molecule has 1 aliphatic rings. The minimum atomic E-state index is -3.53. The van der Waals surface area contributed by atoms with Crippen LogP contribution in [0.25, 0.3) is 0 Å². The van der Waals surface area contributed by atoms with Crippen molar-refractivity contribution in [3.63, 3.8) is 0 Å². The van der Waals surface area contributed by atoms with Gasteiger partial charge in [-0.3, -0.25) is 0 Å². The van der Waals surface area contributed by atoms with Crippen molar-refractivity contribution in [3.8, 4) is 5.75 Å². The lowest BCUT2D eigenvalue weighted by molar-refractivity contribution is 0.394. The van der Waals surface area contributed by atoms with Crippen molar-refractivity contribution in [3.05, 3.63) is 40.1 Å². The molecular weight excluding hydrogens is 308 g/mol. The van der Waals surface area contributed by atoms with Crippen LogP contribution in [-0.2, 0) is 23.0 Å². The van der Waals surface area contributed by atoms with Crippen molar-refractivity contribution >= 4 is 27.0 Å². The van der Waals surface area contributed by atoms with Gasteiger partial charge in [-0.05, 0) is 41.6 Å². The molecular formula is C14H16N2O3S2. The Morgan fingerprint density at radius 2 is 2.14 bits per heavy atom. The van der Waals surface area contributed by atoms with E-state index in [1.165, 1.54) is 28.4 Å². The van der Waals surface area contributed by atoms with Crippen molar-refractivity contribution in [1.82, 2.24) is 4.31 Å². The molecule has 2 N–H and O–H groups in total. The van der Waals surface area contributed by atoms with Gasteiger partial charge in [0.05, 0.1) is 17.7 Å². The van der Waals surface area contributed by atoms with Gasteiger partial charge >= 0.3 is 0 Å². The highest BCUT2D eigenvalue weighted by Crippen LogP contribution is 2.30. The van der Waals surface area contributed by atoms with Crippen LogP contribution in [0.2, 0.25) is 0 Å². The van der Waals surface area contributed by atoms with E-state index in [1.807, 2.05) is 11.4 Å². The first-order chi connectivity index (χ1) is 10.0. The fraction of sp³-hybridized carbons (Fsp3) is 0.286. The quantitative estimate of drug-likeness (QED) is 0.878. The minimum absolute atomic E-state index is 0.208. The highest BCUT2D eigenvalue weighted by atomic mass is 32.2. The molecule has 5 nitrogen and oxygen atoms in total. The van der Waals surface area contributed by atoms with Crippen LogP contribution >= 0.6 is 11.3 Å². The Hall–Kier alpha value is -1.57. The summed E-state index contributed by atoms with van der Waals surface area (Å²) in [6, 6.07) is 6.57. The van der Waals surface area contributed by atoms with Crippen LogP contribution in [-0.4, -0.2) is 26.4 Å². The molecule has 0 spiro atoms. The third kappa shape index (κ3) is 2.52. The summed E-state index contributed by atoms with van der Waals surface area (Å²) in [7, 11) is -2.03. The van der Waals surface area contributed by atoms with E-state index in [0.29, 0.717) is 24.5 Å². The summed E-state index contributed by atoms with van der Waals surface area (Å²) < 4.78 is 32.0. The Balaban J connectivity index is 1.93. The number of hydrogen-bond donors (Lipinski definition) is 1. The van der Waals surface area contributed by atoms with Crippen LogP contribution in [0.5, 0.6) is 5.75 Å². The number of sulfonamides is 1. The van der Waals surface area contributed by atoms with E-state index in [2.05, 4.69) is 0 Å². The zero-order valence-electron chi connectivity index (χ0n) is 11.6. The molecule has 2 aromatic rings. The number of nitrogens with two attached hydrogens (primary N) is 1. The van der Waals surface area contributed by atoms with Crippen LogP contribution in [0.4, 0.5) is 5.69 Å². The van der Waals surface area contributed by atoms with Crippen LogP contribution in [0.1, 0.15) is 10.4 Å². The zero-order valence-corrected chi connectivity index (χ0v) is 13.2. The van der Waals surface area contributed by atoms with Gasteiger partial charge in [-0.2, -0.15) is 4.31 Å². The molecule has 0 atom stereocenters. The number of nitrogens with zero attached hydrogens (tertiary/aromatic N) is 1. The minimum Gasteiger partial charge on any atom is -0.495 e. The Morgan fingerprint density at radius 1 is 1.33 bits per heavy atom. The second-order valence-corrected chi connectivity index (χ2v) is 7.80. The maximum Gasteiger partial charge on any atom is 0.243 e. The summed E-state index contributed by atoms with van der Waals surface area (Å²) in [5.41, 5.74) is 7.23. The molecule has 0 aliphatic carbocycles. The number of rotatable bonds is 3. The lowest BCUT2D eigenvalue weighted by Crippen LogP contribution is -2.35. The third-order valence-electron chi connectivity index (χ3n) is 3.61. The molecule has 1 aliphatic heterocycles. The highest BCUT2D eigenvalue weighted by molar-refractivity contribution is 7.89. The predicted molar refractivity (Wildman–Crippen MR) is 83.0 cm³/mol. The van der Waals surface area contributed by atoms with Gasteiger partial charge in [-0.1, -0.05) is 0 Å². The van der Waals surface area contributed by atoms with Crippen molar-refractivity contribution in [1.29, 1.82) is 0 Å². The molecule has 0 unspecified atom stereocenters. The number of fused-ring (bicyclic) bond motifs is 1. The number of hydrogen-bond acceptors (Lipinski definition) is 5. The van der Waals surface area contributed by atoms with Gasteiger partial charge in [0.2, 0.25) is 10.0 Å². The van der Waals surface area contributed by atoms with E-state index < -0.39 is 10.0 Å². The molecule has 0 saturated carbocycles. The Morgan fingerprint density at radius 3 is 2.86 bits per heavy atom. The van der Waals surface area contributed by atoms with Gasteiger partial charge in [0.1, 0.15) is 5.75 Å². The lowest BCUT2D eigenvalue weighted by atomic mass is 10.1. The van der Waals surface area contributed by atoms with E-state index in [1.54, 1.807) is 17.4 Å². The molecule has 7 heteroatoms. The summed E-state index contributed by atoms with van der Waals surface area (Å²) in [6.45, 7) is 0.925. The number of ether oxygens (including phenoxy) is 1. The second-order valence-electron chi connectivity index (χ2n) is 4.86. The summed E-state index contributed by atoms with van der Waals surface area (Å²) >= 11 is 1.68. The van der Waals surface area contributed by atoms with Gasteiger partial charge in [-0.15, -0.1) is 11.3 Å². The molecule has 0 saturated heterocycles. The topological polar surface area (TPSA) is 72.6 Å². The van der Waals surface area contributed by atoms with Crippen molar-refractivity contribution in [2.75, 3.05) is 19.4 Å². The normalized spacial score (nSPS) is 15.7. The first-order valence-electron chi connectivity index (χ1n) is 6.51. The SMILES string of the molecule is COc1ccc(S(=O)(=O)N2CCc3sccc3C2)cc1N. The fourth-order valence-corrected chi connectivity index (χ4v) is 4.79. The summed E-state index contributed by atoms with van der Waals surface area (Å²) in [5, 5.41) is 2.01. The monoisotopic (exact) mass is 324 g/mol. The van der Waals surface area contributed by atoms with Crippen molar-refractivity contribution < 1.29 is 13.2 Å². The van der Waals surface area contributed by atoms with E-state index in [0.717, 1.165) is 12.0 Å². The number of anilines is 1.